The number of aryl methyl sites for hydroxylation is 2. The van der Waals surface area contributed by atoms with E-state index in [1.165, 1.54) is 11.1 Å². The van der Waals surface area contributed by atoms with E-state index in [0.717, 1.165) is 28.7 Å². The molecule has 0 spiro atoms. The molecule has 26 heavy (non-hydrogen) atoms. The Hall–Kier alpha value is -3.47. The van der Waals surface area contributed by atoms with Crippen LogP contribution in [0.3, 0.4) is 0 Å². The summed E-state index contributed by atoms with van der Waals surface area (Å²) in [6.07, 6.45) is 5.25. The predicted molar refractivity (Wildman–Crippen MR) is 104 cm³/mol. The highest BCUT2D eigenvalue weighted by Gasteiger charge is 2.09. The molecule has 0 amide bonds. The van der Waals surface area contributed by atoms with Gasteiger partial charge in [-0.05, 0) is 37.1 Å². The maximum absolute atomic E-state index is 4.48. The number of aromatic nitrogens is 4. The van der Waals surface area contributed by atoms with Gasteiger partial charge in [-0.3, -0.25) is 4.57 Å². The van der Waals surface area contributed by atoms with Gasteiger partial charge < -0.3 is 5.32 Å². The van der Waals surface area contributed by atoms with E-state index >= 15 is 0 Å². The van der Waals surface area contributed by atoms with Gasteiger partial charge in [0.25, 0.3) is 0 Å². The molecule has 0 aliphatic carbocycles. The quantitative estimate of drug-likeness (QED) is 0.585. The molecule has 4 rings (SSSR count). The van der Waals surface area contributed by atoms with Crippen molar-refractivity contribution in [1.82, 2.24) is 19.5 Å². The van der Waals surface area contributed by atoms with Crippen molar-refractivity contribution in [2.75, 3.05) is 5.32 Å². The maximum Gasteiger partial charge on any atom is 0.145 e. The molecular weight excluding hydrogens is 322 g/mol. The predicted octanol–water partition coefficient (Wildman–Crippen LogP) is 4.69. The fourth-order valence-corrected chi connectivity index (χ4v) is 3.03. The van der Waals surface area contributed by atoms with Crippen molar-refractivity contribution in [1.29, 1.82) is 0 Å². The van der Waals surface area contributed by atoms with Crippen LogP contribution in [-0.2, 0) is 0 Å². The molecule has 0 aliphatic rings. The Morgan fingerprint density at radius 2 is 1.62 bits per heavy atom. The Morgan fingerprint density at radius 1 is 0.846 bits per heavy atom. The minimum Gasteiger partial charge on any atom is -0.340 e. The van der Waals surface area contributed by atoms with Crippen LogP contribution in [0.2, 0.25) is 0 Å². The molecule has 0 bridgehead atoms. The Bertz CT molecular complexity index is 1020. The lowest BCUT2D eigenvalue weighted by Gasteiger charge is -2.11. The molecule has 4 aromatic rings. The monoisotopic (exact) mass is 341 g/mol. The van der Waals surface area contributed by atoms with Crippen LogP contribution in [0.5, 0.6) is 0 Å². The second-order valence-electron chi connectivity index (χ2n) is 6.25. The van der Waals surface area contributed by atoms with Crippen LogP contribution < -0.4 is 5.32 Å². The van der Waals surface area contributed by atoms with Crippen molar-refractivity contribution >= 4 is 11.5 Å². The number of anilines is 2. The molecule has 0 fully saturated rings. The largest absolute Gasteiger partial charge is 0.340 e. The van der Waals surface area contributed by atoms with Crippen molar-refractivity contribution in [3.8, 4) is 17.2 Å². The summed E-state index contributed by atoms with van der Waals surface area (Å²) < 4.78 is 1.96. The number of hydrogen-bond donors (Lipinski definition) is 1. The van der Waals surface area contributed by atoms with Gasteiger partial charge in [-0.1, -0.05) is 36.4 Å². The van der Waals surface area contributed by atoms with Gasteiger partial charge in [-0.15, -0.1) is 0 Å². The first-order chi connectivity index (χ1) is 12.7. The summed E-state index contributed by atoms with van der Waals surface area (Å²) in [5.41, 5.74) is 4.48. The van der Waals surface area contributed by atoms with Gasteiger partial charge in [0.15, 0.2) is 0 Å². The van der Waals surface area contributed by atoms with Gasteiger partial charge in [-0.2, -0.15) is 0 Å². The minimum absolute atomic E-state index is 0.743. The van der Waals surface area contributed by atoms with Crippen molar-refractivity contribution in [2.45, 2.75) is 13.8 Å². The lowest BCUT2D eigenvalue weighted by atomic mass is 10.1. The van der Waals surface area contributed by atoms with E-state index < -0.39 is 0 Å². The lowest BCUT2D eigenvalue weighted by molar-refractivity contribution is 0.980. The summed E-state index contributed by atoms with van der Waals surface area (Å²) in [7, 11) is 0. The number of benzene rings is 2. The van der Waals surface area contributed by atoms with E-state index in [1.54, 1.807) is 12.5 Å². The van der Waals surface area contributed by atoms with Gasteiger partial charge >= 0.3 is 0 Å². The molecule has 5 heteroatoms. The van der Waals surface area contributed by atoms with E-state index in [-0.39, 0.29) is 0 Å². The van der Waals surface area contributed by atoms with Crippen LogP contribution in [0.4, 0.5) is 11.5 Å². The first-order valence-electron chi connectivity index (χ1n) is 8.45. The topological polar surface area (TPSA) is 55.6 Å². The molecule has 2 aromatic heterocycles. The molecule has 0 saturated carbocycles. The van der Waals surface area contributed by atoms with Crippen molar-refractivity contribution < 1.29 is 0 Å². The molecule has 0 saturated heterocycles. The SMILES string of the molecule is Cc1cc(C)cc(Nc2cc(-n3ccnc3-c3ccccc3)ncn2)c1. The number of hydrogen-bond acceptors (Lipinski definition) is 4. The third kappa shape index (κ3) is 3.32. The average Bonchev–Trinajstić information content (AvgIpc) is 3.12. The number of rotatable bonds is 4. The molecule has 5 nitrogen and oxygen atoms in total. The van der Waals surface area contributed by atoms with Gasteiger partial charge in [0.05, 0.1) is 0 Å². The lowest BCUT2D eigenvalue weighted by Crippen LogP contribution is -2.02. The van der Waals surface area contributed by atoms with Gasteiger partial charge in [0.1, 0.15) is 23.8 Å². The smallest absolute Gasteiger partial charge is 0.145 e. The van der Waals surface area contributed by atoms with Crippen LogP contribution in [0.15, 0.2) is 73.3 Å². The molecule has 0 atom stereocenters. The van der Waals surface area contributed by atoms with Crippen molar-refractivity contribution in [3.63, 3.8) is 0 Å². The first-order valence-corrected chi connectivity index (χ1v) is 8.45. The zero-order valence-corrected chi connectivity index (χ0v) is 14.7. The molecule has 0 unspecified atom stereocenters. The van der Waals surface area contributed by atoms with Crippen LogP contribution in [0.25, 0.3) is 17.2 Å². The third-order valence-electron chi connectivity index (χ3n) is 4.07. The van der Waals surface area contributed by atoms with Crippen molar-refractivity contribution in [2.24, 2.45) is 0 Å². The Kier molecular flexibility index (Phi) is 4.19. The molecule has 2 heterocycles. The summed E-state index contributed by atoms with van der Waals surface area (Å²) in [6, 6.07) is 18.3. The van der Waals surface area contributed by atoms with E-state index in [2.05, 4.69) is 52.3 Å². The van der Waals surface area contributed by atoms with Crippen LogP contribution in [0, 0.1) is 13.8 Å². The standard InChI is InChI=1S/C21H19N5/c1-15-10-16(2)12-18(11-15)25-19-13-20(24-14-23-19)26-9-8-22-21(26)17-6-4-3-5-7-17/h3-14H,1-2H3,(H,23,24,25). The molecule has 2 aromatic carbocycles. The normalized spacial score (nSPS) is 10.7. The van der Waals surface area contributed by atoms with Crippen LogP contribution >= 0.6 is 0 Å². The second-order valence-corrected chi connectivity index (χ2v) is 6.25. The minimum atomic E-state index is 0.743. The van der Waals surface area contributed by atoms with Gasteiger partial charge in [0, 0.05) is 29.7 Å². The number of nitrogens with zero attached hydrogens (tertiary/aromatic N) is 4. The van der Waals surface area contributed by atoms with Crippen LogP contribution in [0.1, 0.15) is 11.1 Å². The van der Waals surface area contributed by atoms with Gasteiger partial charge in [0.2, 0.25) is 0 Å². The summed E-state index contributed by atoms with van der Waals surface area (Å²) in [5.74, 6) is 2.36. The van der Waals surface area contributed by atoms with E-state index in [1.807, 2.05) is 47.2 Å². The average molecular weight is 341 g/mol. The third-order valence-corrected chi connectivity index (χ3v) is 4.07. The number of imidazole rings is 1. The summed E-state index contributed by atoms with van der Waals surface area (Å²) in [5, 5.41) is 3.36. The van der Waals surface area contributed by atoms with Gasteiger partial charge in [-0.25, -0.2) is 15.0 Å². The summed E-state index contributed by atoms with van der Waals surface area (Å²) in [6.45, 7) is 4.17. The van der Waals surface area contributed by atoms with E-state index in [9.17, 15) is 0 Å². The summed E-state index contributed by atoms with van der Waals surface area (Å²) >= 11 is 0. The van der Waals surface area contributed by atoms with E-state index in [0.29, 0.717) is 0 Å². The Labute approximate surface area is 152 Å². The zero-order valence-electron chi connectivity index (χ0n) is 14.7. The second kappa shape index (κ2) is 6.80. The first kappa shape index (κ1) is 16.0. The highest BCUT2D eigenvalue weighted by Crippen LogP contribution is 2.23. The summed E-state index contributed by atoms with van der Waals surface area (Å²) in [4.78, 5) is 13.2. The highest BCUT2D eigenvalue weighted by atomic mass is 15.1. The van der Waals surface area contributed by atoms with Crippen molar-refractivity contribution in [3.05, 3.63) is 84.4 Å². The number of nitrogens with one attached hydrogen (secondary N) is 1. The Balaban J connectivity index is 1.68. The molecule has 1 N–H and O–H groups in total. The maximum atomic E-state index is 4.48. The molecular formula is C21H19N5. The zero-order chi connectivity index (χ0) is 17.9. The van der Waals surface area contributed by atoms with Crippen LogP contribution in [-0.4, -0.2) is 19.5 Å². The molecule has 128 valence electrons. The molecule has 0 radical (unpaired) electrons. The Morgan fingerprint density at radius 3 is 2.38 bits per heavy atom. The molecule has 0 aliphatic heterocycles. The fraction of sp³-hybridized carbons (Fsp3) is 0.0952. The fourth-order valence-electron chi connectivity index (χ4n) is 3.03. The highest BCUT2D eigenvalue weighted by molar-refractivity contribution is 5.61. The van der Waals surface area contributed by atoms with E-state index in [4.69, 9.17) is 0 Å².